The van der Waals surface area contributed by atoms with Crippen molar-refractivity contribution in [1.29, 1.82) is 0 Å². The third-order valence-corrected chi connectivity index (χ3v) is 10.0. The molecule has 0 aromatic heterocycles. The molecule has 0 N–H and O–H groups in total. The van der Waals surface area contributed by atoms with Gasteiger partial charge in [0.1, 0.15) is 0 Å². The van der Waals surface area contributed by atoms with Crippen LogP contribution in [0.4, 0.5) is 11.4 Å². The van der Waals surface area contributed by atoms with E-state index in [4.69, 9.17) is 0 Å². The van der Waals surface area contributed by atoms with Gasteiger partial charge in [0, 0.05) is 0 Å². The van der Waals surface area contributed by atoms with Crippen LogP contribution in [0.2, 0.25) is 0 Å². The molecule has 0 fully saturated rings. The number of anilines is 2. The van der Waals surface area contributed by atoms with E-state index in [1.165, 1.54) is 39.3 Å². The van der Waals surface area contributed by atoms with E-state index in [1.807, 2.05) is 0 Å². The number of hydrogen-bond acceptors (Lipinski definition) is 2. The number of rotatable bonds is 6. The van der Waals surface area contributed by atoms with Crippen LogP contribution in [-0.2, 0) is 0 Å². The molecule has 0 saturated heterocycles. The van der Waals surface area contributed by atoms with Crippen LogP contribution >= 0.6 is 0 Å². The summed E-state index contributed by atoms with van der Waals surface area (Å²) in [6.45, 7) is 23.4. The van der Waals surface area contributed by atoms with Crippen LogP contribution in [0.1, 0.15) is 115 Å². The summed E-state index contributed by atoms with van der Waals surface area (Å²) in [7, 11) is 0. The third kappa shape index (κ3) is 4.81. The molecule has 1 aliphatic rings. The summed E-state index contributed by atoms with van der Waals surface area (Å²) in [5.41, 5.74) is 10.3. The first-order valence-corrected chi connectivity index (χ1v) is 14.2. The molecule has 2 nitrogen and oxygen atoms in total. The van der Waals surface area contributed by atoms with E-state index in [9.17, 15) is 0 Å². The zero-order chi connectivity index (χ0) is 23.7. The van der Waals surface area contributed by atoms with Gasteiger partial charge in [0.25, 0.3) is 0 Å². The van der Waals surface area contributed by atoms with Crippen LogP contribution in [0.15, 0.2) is 48.2 Å². The normalized spacial score (nSPS) is 17.2. The minimum absolute atomic E-state index is 0.414. The van der Waals surface area contributed by atoms with Crippen molar-refractivity contribution in [2.75, 3.05) is 7.71 Å². The maximum atomic E-state index is 2.76. The van der Waals surface area contributed by atoms with Gasteiger partial charge in [0.2, 0.25) is 0 Å². The molecular weight excluding hydrogens is 449 g/mol. The summed E-state index contributed by atoms with van der Waals surface area (Å²) in [4.78, 5) is 0. The Morgan fingerprint density at radius 3 is 1.41 bits per heavy atom. The average Bonchev–Trinajstić information content (AvgIpc) is 2.72. The summed E-state index contributed by atoms with van der Waals surface area (Å²) in [5, 5.41) is 0. The zero-order valence-electron chi connectivity index (χ0n) is 21.8. The van der Waals surface area contributed by atoms with Crippen LogP contribution in [0.3, 0.4) is 0 Å². The predicted molar refractivity (Wildman–Crippen MR) is 143 cm³/mol. The second kappa shape index (κ2) is 10.1. The van der Waals surface area contributed by atoms with Gasteiger partial charge >= 0.3 is 204 Å². The van der Waals surface area contributed by atoms with Crippen LogP contribution < -0.4 is 7.71 Å². The molecule has 1 unspecified atom stereocenters. The maximum absolute atomic E-state index is 2.76. The monoisotopic (exact) mass is 492 g/mol. The van der Waals surface area contributed by atoms with E-state index >= 15 is 0 Å². The molecular formula is C29H42GeN2. The number of para-hydroxylation sites is 2. The fraction of sp³-hybridized carbons (Fsp3) is 0.517. The summed E-state index contributed by atoms with van der Waals surface area (Å²) in [5.74, 6) is 2.03. The van der Waals surface area contributed by atoms with Gasteiger partial charge in [0.05, 0.1) is 0 Å². The van der Waals surface area contributed by atoms with Crippen LogP contribution in [0, 0.1) is 0 Å². The molecule has 32 heavy (non-hydrogen) atoms. The van der Waals surface area contributed by atoms with Crippen LogP contribution in [0.5, 0.6) is 0 Å². The standard InChI is InChI=1S/C29H42GeN2/c1-18(2)24-13-11-14-25(19(3)4)28(24)31-22(9)17-23(10)32(30-31)29-26(20(5)6)15-12-16-27(29)21(7)8/h11-22H,1-10H3. The van der Waals surface area contributed by atoms with Gasteiger partial charge in [-0.05, 0) is 0 Å². The van der Waals surface area contributed by atoms with Crippen molar-refractivity contribution >= 4 is 27.3 Å². The second-order valence-corrected chi connectivity index (χ2v) is 12.9. The molecule has 2 aromatic rings. The fourth-order valence-corrected chi connectivity index (χ4v) is 7.80. The molecule has 2 radical (unpaired) electrons. The Kier molecular flexibility index (Phi) is 7.86. The number of hydrogen-bond donors (Lipinski definition) is 0. The Labute approximate surface area is 204 Å². The number of allylic oxidation sites excluding steroid dienone is 1. The molecule has 2 aromatic carbocycles. The Bertz CT molecular complexity index is 919. The predicted octanol–water partition coefficient (Wildman–Crippen LogP) is 8.33. The molecule has 3 heteroatoms. The van der Waals surface area contributed by atoms with Gasteiger partial charge in [-0.25, -0.2) is 0 Å². The topological polar surface area (TPSA) is 6.48 Å². The first kappa shape index (κ1) is 25.0. The first-order valence-electron chi connectivity index (χ1n) is 12.3. The molecule has 172 valence electrons. The van der Waals surface area contributed by atoms with E-state index in [0.29, 0.717) is 29.7 Å². The summed E-state index contributed by atoms with van der Waals surface area (Å²) in [6, 6.07) is 14.3. The Balaban J connectivity index is 2.21. The first-order chi connectivity index (χ1) is 15.0. The van der Waals surface area contributed by atoms with Gasteiger partial charge in [0.15, 0.2) is 0 Å². The van der Waals surface area contributed by atoms with E-state index in [0.717, 1.165) is 0 Å². The Morgan fingerprint density at radius 2 is 1.03 bits per heavy atom. The molecule has 1 atom stereocenters. The van der Waals surface area contributed by atoms with Gasteiger partial charge in [-0.15, -0.1) is 0 Å². The summed E-state index contributed by atoms with van der Waals surface area (Å²) < 4.78 is 5.46. The molecule has 0 spiro atoms. The van der Waals surface area contributed by atoms with Crippen LogP contribution in [-0.4, -0.2) is 21.9 Å². The quantitative estimate of drug-likeness (QED) is 0.375. The fourth-order valence-electron chi connectivity index (χ4n) is 4.82. The SMILES string of the molecule is CC1=CC(C)[N](c2c(C(C)C)cccc2C(C)C)[Ge][N]1c1c(C(C)C)cccc1C(C)C. The average molecular weight is 491 g/mol. The van der Waals surface area contributed by atoms with Crippen molar-refractivity contribution in [2.45, 2.75) is 99.0 Å². The summed E-state index contributed by atoms with van der Waals surface area (Å²) >= 11 is -0.605. The third-order valence-electron chi connectivity index (χ3n) is 6.60. The van der Waals surface area contributed by atoms with Crippen molar-refractivity contribution in [3.8, 4) is 0 Å². The van der Waals surface area contributed by atoms with Crippen molar-refractivity contribution in [3.05, 3.63) is 70.4 Å². The van der Waals surface area contributed by atoms with Gasteiger partial charge in [-0.2, -0.15) is 0 Å². The van der Waals surface area contributed by atoms with E-state index < -0.39 is 15.9 Å². The van der Waals surface area contributed by atoms with Gasteiger partial charge in [-0.1, -0.05) is 0 Å². The van der Waals surface area contributed by atoms with E-state index in [-0.39, 0.29) is 0 Å². The number of nitrogens with zero attached hydrogens (tertiary/aromatic N) is 2. The van der Waals surface area contributed by atoms with E-state index in [1.54, 1.807) is 0 Å². The molecule has 0 amide bonds. The molecule has 3 rings (SSSR count). The minimum atomic E-state index is -0.605. The zero-order valence-corrected chi connectivity index (χ0v) is 23.9. The Hall–Kier alpha value is -1.68. The number of benzene rings is 2. The molecule has 1 aliphatic heterocycles. The van der Waals surface area contributed by atoms with Crippen molar-refractivity contribution in [2.24, 2.45) is 0 Å². The summed E-state index contributed by atoms with van der Waals surface area (Å²) in [6.07, 6.45) is 2.48. The molecule has 0 bridgehead atoms. The van der Waals surface area contributed by atoms with Crippen molar-refractivity contribution in [1.82, 2.24) is 0 Å². The van der Waals surface area contributed by atoms with Gasteiger partial charge < -0.3 is 0 Å². The van der Waals surface area contributed by atoms with Crippen molar-refractivity contribution < 1.29 is 0 Å². The molecule has 1 heterocycles. The Morgan fingerprint density at radius 1 is 0.656 bits per heavy atom. The molecule has 0 aliphatic carbocycles. The van der Waals surface area contributed by atoms with Gasteiger partial charge in [-0.3, -0.25) is 0 Å². The van der Waals surface area contributed by atoms with E-state index in [2.05, 4.69) is 119 Å². The van der Waals surface area contributed by atoms with Crippen LogP contribution in [0.25, 0.3) is 0 Å². The molecule has 0 saturated carbocycles. The second-order valence-electron chi connectivity index (χ2n) is 10.5. The van der Waals surface area contributed by atoms with Crippen molar-refractivity contribution in [3.63, 3.8) is 0 Å².